The van der Waals surface area contributed by atoms with Crippen LogP contribution in [-0.4, -0.2) is 18.6 Å². The maximum absolute atomic E-state index is 11.8. The average Bonchev–Trinajstić information content (AvgIpc) is 2.98. The van der Waals surface area contributed by atoms with Crippen LogP contribution < -0.4 is 5.32 Å². The molecule has 104 valence electrons. The van der Waals surface area contributed by atoms with Crippen LogP contribution in [0.5, 0.6) is 0 Å². The second-order valence-corrected chi connectivity index (χ2v) is 6.00. The molecule has 4 heteroatoms. The minimum absolute atomic E-state index is 0.0647. The van der Waals surface area contributed by atoms with Crippen molar-refractivity contribution in [3.05, 3.63) is 57.8 Å². The minimum atomic E-state index is 0.0647. The molecule has 0 saturated carbocycles. The summed E-state index contributed by atoms with van der Waals surface area (Å²) in [5.74, 6) is 0.0647. The zero-order valence-electron chi connectivity index (χ0n) is 11.2. The third kappa shape index (κ3) is 3.26. The third-order valence-electron chi connectivity index (χ3n) is 3.48. The Hall–Kier alpha value is -1.65. The van der Waals surface area contributed by atoms with Crippen LogP contribution in [0, 0.1) is 0 Å². The van der Waals surface area contributed by atoms with Crippen LogP contribution in [0.4, 0.5) is 0 Å². The highest BCUT2D eigenvalue weighted by Crippen LogP contribution is 2.19. The summed E-state index contributed by atoms with van der Waals surface area (Å²) >= 11 is 1.61. The SMILES string of the molecule is O=C(Cc1cccs1)NCC1Cc2ccccc2CO1. The fraction of sp³-hybridized carbons (Fsp3) is 0.312. The van der Waals surface area contributed by atoms with E-state index in [1.165, 1.54) is 11.1 Å². The van der Waals surface area contributed by atoms with Crippen molar-refractivity contribution < 1.29 is 9.53 Å². The van der Waals surface area contributed by atoms with E-state index >= 15 is 0 Å². The summed E-state index contributed by atoms with van der Waals surface area (Å²) in [7, 11) is 0. The molecule has 0 bridgehead atoms. The number of thiophene rings is 1. The molecule has 1 aromatic carbocycles. The first-order valence-corrected chi connectivity index (χ1v) is 7.66. The summed E-state index contributed by atoms with van der Waals surface area (Å²) in [6.45, 7) is 1.22. The van der Waals surface area contributed by atoms with E-state index in [1.807, 2.05) is 23.6 Å². The van der Waals surface area contributed by atoms with Crippen molar-refractivity contribution in [2.45, 2.75) is 25.6 Å². The van der Waals surface area contributed by atoms with Gasteiger partial charge in [-0.05, 0) is 22.6 Å². The van der Waals surface area contributed by atoms with Crippen molar-refractivity contribution in [1.29, 1.82) is 0 Å². The second kappa shape index (κ2) is 6.20. The molecule has 3 rings (SSSR count). The molecule has 1 atom stereocenters. The number of carbonyl (C=O) groups is 1. The quantitative estimate of drug-likeness (QED) is 0.938. The Bertz CT molecular complexity index is 580. The van der Waals surface area contributed by atoms with Gasteiger partial charge in [0.2, 0.25) is 5.91 Å². The molecule has 0 fully saturated rings. The predicted octanol–water partition coefficient (Wildman–Crippen LogP) is 2.55. The first-order chi connectivity index (χ1) is 9.81. The molecule has 3 nitrogen and oxygen atoms in total. The Labute approximate surface area is 122 Å². The molecule has 1 aromatic heterocycles. The number of ether oxygens (including phenoxy) is 1. The molecule has 0 saturated heterocycles. The van der Waals surface area contributed by atoms with Crippen molar-refractivity contribution >= 4 is 17.2 Å². The lowest BCUT2D eigenvalue weighted by Crippen LogP contribution is -2.37. The Kier molecular flexibility index (Phi) is 4.14. The number of rotatable bonds is 4. The smallest absolute Gasteiger partial charge is 0.225 e. The van der Waals surface area contributed by atoms with Gasteiger partial charge in [0, 0.05) is 17.8 Å². The highest BCUT2D eigenvalue weighted by atomic mass is 32.1. The van der Waals surface area contributed by atoms with E-state index in [-0.39, 0.29) is 12.0 Å². The second-order valence-electron chi connectivity index (χ2n) is 4.97. The number of nitrogens with one attached hydrogen (secondary N) is 1. The van der Waals surface area contributed by atoms with E-state index < -0.39 is 0 Å². The first kappa shape index (κ1) is 13.3. The number of amides is 1. The molecule has 1 aliphatic heterocycles. The zero-order chi connectivity index (χ0) is 13.8. The van der Waals surface area contributed by atoms with Gasteiger partial charge in [-0.2, -0.15) is 0 Å². The lowest BCUT2D eigenvalue weighted by Gasteiger charge is -2.25. The predicted molar refractivity (Wildman–Crippen MR) is 79.8 cm³/mol. The average molecular weight is 287 g/mol. The molecule has 0 aliphatic carbocycles. The molecule has 0 spiro atoms. The lowest BCUT2D eigenvalue weighted by molar-refractivity contribution is -0.121. The highest BCUT2D eigenvalue weighted by molar-refractivity contribution is 7.10. The zero-order valence-corrected chi connectivity index (χ0v) is 12.0. The maximum Gasteiger partial charge on any atom is 0.225 e. The van der Waals surface area contributed by atoms with Gasteiger partial charge >= 0.3 is 0 Å². The normalized spacial score (nSPS) is 17.5. The monoisotopic (exact) mass is 287 g/mol. The van der Waals surface area contributed by atoms with Crippen LogP contribution in [0.25, 0.3) is 0 Å². The van der Waals surface area contributed by atoms with Crippen LogP contribution in [0.3, 0.4) is 0 Å². The molecular formula is C16H17NO2S. The van der Waals surface area contributed by atoms with Gasteiger partial charge in [-0.3, -0.25) is 4.79 Å². The lowest BCUT2D eigenvalue weighted by atomic mass is 9.99. The summed E-state index contributed by atoms with van der Waals surface area (Å²) in [5, 5.41) is 4.95. The van der Waals surface area contributed by atoms with Crippen LogP contribution in [0.1, 0.15) is 16.0 Å². The Morgan fingerprint density at radius 3 is 2.90 bits per heavy atom. The van der Waals surface area contributed by atoms with Gasteiger partial charge in [0.1, 0.15) is 0 Å². The van der Waals surface area contributed by atoms with E-state index in [0.29, 0.717) is 19.6 Å². The molecule has 20 heavy (non-hydrogen) atoms. The van der Waals surface area contributed by atoms with E-state index in [4.69, 9.17) is 4.74 Å². The number of fused-ring (bicyclic) bond motifs is 1. The van der Waals surface area contributed by atoms with Crippen molar-refractivity contribution in [3.63, 3.8) is 0 Å². The first-order valence-electron chi connectivity index (χ1n) is 6.79. The standard InChI is InChI=1S/C16H17NO2S/c18-16(9-15-6-3-7-20-15)17-10-14-8-12-4-1-2-5-13(12)11-19-14/h1-7,14H,8-11H2,(H,17,18). The van der Waals surface area contributed by atoms with Gasteiger partial charge in [-0.25, -0.2) is 0 Å². The van der Waals surface area contributed by atoms with Gasteiger partial charge in [0.05, 0.1) is 19.1 Å². The fourth-order valence-electron chi connectivity index (χ4n) is 2.40. The Morgan fingerprint density at radius 1 is 1.25 bits per heavy atom. The molecule has 2 heterocycles. The third-order valence-corrected chi connectivity index (χ3v) is 4.36. The number of hydrogen-bond donors (Lipinski definition) is 1. The van der Waals surface area contributed by atoms with Gasteiger partial charge < -0.3 is 10.1 Å². The van der Waals surface area contributed by atoms with Crippen LogP contribution in [-0.2, 0) is 29.0 Å². The molecule has 1 N–H and O–H groups in total. The molecule has 2 aromatic rings. The summed E-state index contributed by atoms with van der Waals surface area (Å²) < 4.78 is 5.78. The minimum Gasteiger partial charge on any atom is -0.371 e. The van der Waals surface area contributed by atoms with Crippen LogP contribution >= 0.6 is 11.3 Å². The van der Waals surface area contributed by atoms with Gasteiger partial charge in [-0.15, -0.1) is 11.3 Å². The summed E-state index contributed by atoms with van der Waals surface area (Å²) in [4.78, 5) is 12.9. The van der Waals surface area contributed by atoms with Crippen LogP contribution in [0.15, 0.2) is 41.8 Å². The number of hydrogen-bond acceptors (Lipinski definition) is 3. The largest absolute Gasteiger partial charge is 0.371 e. The molecular weight excluding hydrogens is 270 g/mol. The molecule has 1 unspecified atom stereocenters. The van der Waals surface area contributed by atoms with Gasteiger partial charge in [0.25, 0.3) is 0 Å². The fourth-order valence-corrected chi connectivity index (χ4v) is 3.11. The van der Waals surface area contributed by atoms with Crippen LogP contribution in [0.2, 0.25) is 0 Å². The van der Waals surface area contributed by atoms with Crippen molar-refractivity contribution in [2.75, 3.05) is 6.54 Å². The molecule has 0 radical (unpaired) electrons. The molecule has 1 aliphatic rings. The summed E-state index contributed by atoms with van der Waals surface area (Å²) in [6, 6.07) is 12.3. The Morgan fingerprint density at radius 2 is 2.10 bits per heavy atom. The molecule has 1 amide bonds. The number of carbonyl (C=O) groups excluding carboxylic acids is 1. The van der Waals surface area contributed by atoms with E-state index in [2.05, 4.69) is 23.5 Å². The number of benzene rings is 1. The van der Waals surface area contributed by atoms with E-state index in [0.717, 1.165) is 11.3 Å². The topological polar surface area (TPSA) is 38.3 Å². The van der Waals surface area contributed by atoms with Gasteiger partial charge in [-0.1, -0.05) is 30.3 Å². The maximum atomic E-state index is 11.8. The van der Waals surface area contributed by atoms with Crippen molar-refractivity contribution in [2.24, 2.45) is 0 Å². The van der Waals surface area contributed by atoms with E-state index in [1.54, 1.807) is 11.3 Å². The van der Waals surface area contributed by atoms with Crippen molar-refractivity contribution in [3.8, 4) is 0 Å². The summed E-state index contributed by atoms with van der Waals surface area (Å²) in [6.07, 6.45) is 1.41. The van der Waals surface area contributed by atoms with Crippen molar-refractivity contribution in [1.82, 2.24) is 5.32 Å². The summed E-state index contributed by atoms with van der Waals surface area (Å²) in [5.41, 5.74) is 2.59. The van der Waals surface area contributed by atoms with Gasteiger partial charge in [0.15, 0.2) is 0 Å². The van der Waals surface area contributed by atoms with E-state index in [9.17, 15) is 4.79 Å². The highest BCUT2D eigenvalue weighted by Gasteiger charge is 2.19. The Balaban J connectivity index is 1.49.